The van der Waals surface area contributed by atoms with Gasteiger partial charge in [0.1, 0.15) is 0 Å². The SMILES string of the molecule is CC[C@@H](NS(=O)(=O)c1ccc2c(c1)sc(=O)n2CC)c1ccc(C)c(C)c1. The summed E-state index contributed by atoms with van der Waals surface area (Å²) in [7, 11) is -3.70. The third-order valence-corrected chi connectivity index (χ3v) is 7.32. The van der Waals surface area contributed by atoms with Gasteiger partial charge in [-0.3, -0.25) is 9.36 Å². The molecule has 7 heteroatoms. The molecule has 5 nitrogen and oxygen atoms in total. The normalized spacial score (nSPS) is 13.2. The Labute approximate surface area is 163 Å². The average molecular weight is 405 g/mol. The summed E-state index contributed by atoms with van der Waals surface area (Å²) in [5.41, 5.74) is 4.04. The van der Waals surface area contributed by atoms with E-state index in [0.29, 0.717) is 17.7 Å². The number of hydrogen-bond acceptors (Lipinski definition) is 4. The molecule has 0 spiro atoms. The third-order valence-electron chi connectivity index (χ3n) is 4.91. The van der Waals surface area contributed by atoms with E-state index < -0.39 is 10.0 Å². The Morgan fingerprint density at radius 3 is 2.44 bits per heavy atom. The molecule has 1 heterocycles. The second-order valence-corrected chi connectivity index (χ2v) is 9.37. The second kappa shape index (κ2) is 7.58. The summed E-state index contributed by atoms with van der Waals surface area (Å²) in [5, 5.41) is 0. The number of aryl methyl sites for hydroxylation is 3. The summed E-state index contributed by atoms with van der Waals surface area (Å²) in [6.45, 7) is 8.48. The highest BCUT2D eigenvalue weighted by Crippen LogP contribution is 2.25. The number of fused-ring (bicyclic) bond motifs is 1. The topological polar surface area (TPSA) is 68.2 Å². The van der Waals surface area contributed by atoms with Crippen LogP contribution >= 0.6 is 11.3 Å². The van der Waals surface area contributed by atoms with E-state index in [1.54, 1.807) is 22.8 Å². The zero-order valence-corrected chi connectivity index (χ0v) is 17.6. The van der Waals surface area contributed by atoms with Crippen molar-refractivity contribution in [2.75, 3.05) is 0 Å². The molecule has 0 saturated heterocycles. The first kappa shape index (κ1) is 19.8. The second-order valence-electron chi connectivity index (χ2n) is 6.67. The standard InChI is InChI=1S/C20H24N2O3S2/c1-5-17(15-8-7-13(3)14(4)11-15)21-27(24,25)16-9-10-18-19(12-16)26-20(23)22(18)6-2/h7-12,17,21H,5-6H2,1-4H3/t17-/m1/s1. The first-order valence-electron chi connectivity index (χ1n) is 8.99. The highest BCUT2D eigenvalue weighted by atomic mass is 32.2. The van der Waals surface area contributed by atoms with E-state index >= 15 is 0 Å². The van der Waals surface area contributed by atoms with Gasteiger partial charge in [0, 0.05) is 12.6 Å². The van der Waals surface area contributed by atoms with Crippen LogP contribution in [0.25, 0.3) is 10.2 Å². The van der Waals surface area contributed by atoms with Gasteiger partial charge < -0.3 is 0 Å². The predicted molar refractivity (Wildman–Crippen MR) is 111 cm³/mol. The van der Waals surface area contributed by atoms with Crippen LogP contribution in [0.4, 0.5) is 0 Å². The highest BCUT2D eigenvalue weighted by molar-refractivity contribution is 7.89. The number of aromatic nitrogens is 1. The zero-order valence-electron chi connectivity index (χ0n) is 15.9. The average Bonchev–Trinajstić information content (AvgIpc) is 2.96. The smallest absolute Gasteiger partial charge is 0.299 e. The van der Waals surface area contributed by atoms with Crippen LogP contribution in [0.3, 0.4) is 0 Å². The Balaban J connectivity index is 1.96. The van der Waals surface area contributed by atoms with E-state index in [9.17, 15) is 13.2 Å². The minimum atomic E-state index is -3.70. The summed E-state index contributed by atoms with van der Waals surface area (Å²) in [6.07, 6.45) is 0.642. The summed E-state index contributed by atoms with van der Waals surface area (Å²) < 4.78 is 31.0. The molecular formula is C20H24N2O3S2. The summed E-state index contributed by atoms with van der Waals surface area (Å²) in [5.74, 6) is 0. The Morgan fingerprint density at radius 1 is 1.07 bits per heavy atom. The molecule has 1 atom stereocenters. The van der Waals surface area contributed by atoms with E-state index in [1.807, 2.05) is 45.9 Å². The summed E-state index contributed by atoms with van der Waals surface area (Å²) in [6, 6.07) is 10.6. The van der Waals surface area contributed by atoms with Gasteiger partial charge in [0.15, 0.2) is 0 Å². The van der Waals surface area contributed by atoms with Crippen molar-refractivity contribution >= 4 is 31.6 Å². The lowest BCUT2D eigenvalue weighted by atomic mass is 10.0. The number of hydrogen-bond donors (Lipinski definition) is 1. The summed E-state index contributed by atoms with van der Waals surface area (Å²) in [4.78, 5) is 12.1. The maximum absolute atomic E-state index is 12.9. The molecule has 0 aliphatic heterocycles. The molecule has 3 aromatic rings. The van der Waals surface area contributed by atoms with Crippen LogP contribution in [0.1, 0.15) is 43.0 Å². The molecule has 27 heavy (non-hydrogen) atoms. The van der Waals surface area contributed by atoms with Gasteiger partial charge in [0.2, 0.25) is 10.0 Å². The zero-order chi connectivity index (χ0) is 19.8. The van der Waals surface area contributed by atoms with Crippen molar-refractivity contribution in [3.05, 3.63) is 62.8 Å². The van der Waals surface area contributed by atoms with Crippen molar-refractivity contribution in [3.8, 4) is 0 Å². The molecule has 1 aromatic heterocycles. The van der Waals surface area contributed by atoms with Crippen LogP contribution in [-0.2, 0) is 16.6 Å². The number of sulfonamides is 1. The molecule has 144 valence electrons. The van der Waals surface area contributed by atoms with Crippen LogP contribution in [0.2, 0.25) is 0 Å². The van der Waals surface area contributed by atoms with Crippen LogP contribution < -0.4 is 9.60 Å². The first-order valence-corrected chi connectivity index (χ1v) is 11.3. The molecule has 0 unspecified atom stereocenters. The van der Waals surface area contributed by atoms with Gasteiger partial charge >= 0.3 is 4.87 Å². The van der Waals surface area contributed by atoms with Gasteiger partial charge in [-0.15, -0.1) is 0 Å². The summed E-state index contributed by atoms with van der Waals surface area (Å²) >= 11 is 1.07. The molecule has 1 N–H and O–H groups in total. The van der Waals surface area contributed by atoms with Crippen molar-refractivity contribution < 1.29 is 8.42 Å². The monoisotopic (exact) mass is 404 g/mol. The lowest BCUT2D eigenvalue weighted by Crippen LogP contribution is -2.28. The Kier molecular flexibility index (Phi) is 5.55. The lowest BCUT2D eigenvalue weighted by Gasteiger charge is -2.19. The molecule has 0 fully saturated rings. The van der Waals surface area contributed by atoms with Crippen LogP contribution in [0.15, 0.2) is 46.1 Å². The van der Waals surface area contributed by atoms with E-state index in [-0.39, 0.29) is 15.8 Å². The van der Waals surface area contributed by atoms with Crippen LogP contribution in [0, 0.1) is 13.8 Å². The van der Waals surface area contributed by atoms with Gasteiger partial charge in [-0.1, -0.05) is 36.5 Å². The van der Waals surface area contributed by atoms with Gasteiger partial charge in [-0.2, -0.15) is 0 Å². The Bertz CT molecular complexity index is 1140. The molecule has 0 amide bonds. The van der Waals surface area contributed by atoms with Crippen molar-refractivity contribution in [3.63, 3.8) is 0 Å². The Morgan fingerprint density at radius 2 is 1.81 bits per heavy atom. The first-order chi connectivity index (χ1) is 12.8. The fourth-order valence-corrected chi connectivity index (χ4v) is 5.54. The maximum atomic E-state index is 12.9. The van der Waals surface area contributed by atoms with Gasteiger partial charge in [0.25, 0.3) is 0 Å². The fraction of sp³-hybridized carbons (Fsp3) is 0.350. The fourth-order valence-electron chi connectivity index (χ4n) is 3.14. The molecule has 0 radical (unpaired) electrons. The minimum Gasteiger partial charge on any atom is -0.299 e. The minimum absolute atomic E-state index is 0.0726. The third kappa shape index (κ3) is 3.85. The molecule has 0 aliphatic rings. The van der Waals surface area contributed by atoms with Crippen molar-refractivity contribution in [2.24, 2.45) is 0 Å². The van der Waals surface area contributed by atoms with Crippen LogP contribution in [-0.4, -0.2) is 13.0 Å². The van der Waals surface area contributed by atoms with Crippen molar-refractivity contribution in [1.29, 1.82) is 0 Å². The van der Waals surface area contributed by atoms with E-state index in [1.165, 1.54) is 5.56 Å². The van der Waals surface area contributed by atoms with E-state index in [0.717, 1.165) is 28.0 Å². The highest BCUT2D eigenvalue weighted by Gasteiger charge is 2.21. The molecule has 2 aromatic carbocycles. The number of nitrogens with one attached hydrogen (secondary N) is 1. The number of nitrogens with zero attached hydrogens (tertiary/aromatic N) is 1. The maximum Gasteiger partial charge on any atom is 0.308 e. The van der Waals surface area contributed by atoms with E-state index in [4.69, 9.17) is 0 Å². The van der Waals surface area contributed by atoms with Crippen LogP contribution in [0.5, 0.6) is 0 Å². The number of rotatable bonds is 6. The Hall–Kier alpha value is -1.96. The van der Waals surface area contributed by atoms with Crippen molar-refractivity contribution in [2.45, 2.75) is 51.6 Å². The molecule has 0 saturated carbocycles. The van der Waals surface area contributed by atoms with Gasteiger partial charge in [-0.05, 0) is 62.1 Å². The van der Waals surface area contributed by atoms with E-state index in [2.05, 4.69) is 4.72 Å². The lowest BCUT2D eigenvalue weighted by molar-refractivity contribution is 0.550. The molecule has 0 aliphatic carbocycles. The largest absolute Gasteiger partial charge is 0.308 e. The van der Waals surface area contributed by atoms with Gasteiger partial charge in [-0.25, -0.2) is 13.1 Å². The number of thiazole rings is 1. The van der Waals surface area contributed by atoms with Gasteiger partial charge in [0.05, 0.1) is 15.1 Å². The van der Waals surface area contributed by atoms with Crippen molar-refractivity contribution in [1.82, 2.24) is 9.29 Å². The molecular weight excluding hydrogens is 380 g/mol. The molecule has 3 rings (SSSR count). The quantitative estimate of drug-likeness (QED) is 0.672. The number of benzene rings is 2. The molecule has 0 bridgehead atoms. The predicted octanol–water partition coefficient (Wildman–Crippen LogP) is 4.13.